The molecule has 1 aromatic carbocycles. The molecule has 0 radical (unpaired) electrons. The molecule has 1 fully saturated rings. The molecule has 3 rings (SSSR count). The van der Waals surface area contributed by atoms with Gasteiger partial charge in [0.15, 0.2) is 0 Å². The van der Waals surface area contributed by atoms with Gasteiger partial charge in [0.25, 0.3) is 5.56 Å². The van der Waals surface area contributed by atoms with Crippen molar-refractivity contribution in [2.24, 2.45) is 5.73 Å². The van der Waals surface area contributed by atoms with Crippen LogP contribution in [0.1, 0.15) is 58.4 Å². The largest absolute Gasteiger partial charge is 0.320 e. The van der Waals surface area contributed by atoms with Gasteiger partial charge in [-0.05, 0) is 63.3 Å². The number of hydrogen-bond donors (Lipinski definition) is 1. The van der Waals surface area contributed by atoms with Gasteiger partial charge in [0.1, 0.15) is 0 Å². The highest BCUT2D eigenvalue weighted by atomic mass is 16.1. The minimum absolute atomic E-state index is 0.0911. The summed E-state index contributed by atoms with van der Waals surface area (Å²) in [6.07, 6.45) is 2.20. The Morgan fingerprint density at radius 3 is 2.41 bits per heavy atom. The van der Waals surface area contributed by atoms with E-state index in [0.29, 0.717) is 6.04 Å². The number of rotatable bonds is 3. The van der Waals surface area contributed by atoms with Crippen LogP contribution in [0.25, 0.3) is 0 Å². The van der Waals surface area contributed by atoms with E-state index in [9.17, 15) is 4.79 Å². The Balaban J connectivity index is 2.17. The van der Waals surface area contributed by atoms with Gasteiger partial charge in [-0.25, -0.2) is 0 Å². The van der Waals surface area contributed by atoms with Crippen molar-refractivity contribution in [3.05, 3.63) is 68.1 Å². The molecule has 0 bridgehead atoms. The molecule has 1 aromatic heterocycles. The molecule has 2 N–H and O–H groups in total. The lowest BCUT2D eigenvalue weighted by atomic mass is 9.92. The van der Waals surface area contributed by atoms with Gasteiger partial charge in [0.2, 0.25) is 0 Å². The summed E-state index contributed by atoms with van der Waals surface area (Å²) in [5, 5.41) is 0. The van der Waals surface area contributed by atoms with Gasteiger partial charge < -0.3 is 10.3 Å². The first kappa shape index (κ1) is 15.0. The molecule has 3 heteroatoms. The molecule has 0 amide bonds. The van der Waals surface area contributed by atoms with Gasteiger partial charge in [-0.3, -0.25) is 4.79 Å². The Morgan fingerprint density at radius 2 is 1.77 bits per heavy atom. The number of aromatic nitrogens is 1. The molecular weight excluding hydrogens is 272 g/mol. The van der Waals surface area contributed by atoms with Crippen LogP contribution < -0.4 is 11.3 Å². The standard InChI is InChI=1S/C19H24N2O/c1-11-5-6-12(2)16(9-11)18(20)17-13(3)10-14(4)21(19(17)22)15-7-8-15/h5-6,9-10,15,18H,7-8,20H2,1-4H3. The van der Waals surface area contributed by atoms with Gasteiger partial charge in [0.05, 0.1) is 6.04 Å². The summed E-state index contributed by atoms with van der Waals surface area (Å²) in [5.74, 6) is 0. The number of hydrogen-bond acceptors (Lipinski definition) is 2. The van der Waals surface area contributed by atoms with Crippen LogP contribution in [-0.4, -0.2) is 4.57 Å². The molecular formula is C19H24N2O. The Hall–Kier alpha value is -1.87. The lowest BCUT2D eigenvalue weighted by molar-refractivity contribution is 0.658. The summed E-state index contributed by atoms with van der Waals surface area (Å²) in [4.78, 5) is 13.0. The van der Waals surface area contributed by atoms with Crippen molar-refractivity contribution in [2.45, 2.75) is 52.6 Å². The van der Waals surface area contributed by atoms with E-state index < -0.39 is 0 Å². The van der Waals surface area contributed by atoms with Crippen molar-refractivity contribution in [3.8, 4) is 0 Å². The second-order valence-electron chi connectivity index (χ2n) is 6.63. The number of aryl methyl sites for hydroxylation is 4. The lowest BCUT2D eigenvalue weighted by Gasteiger charge is -2.20. The van der Waals surface area contributed by atoms with E-state index in [0.717, 1.165) is 40.8 Å². The summed E-state index contributed by atoms with van der Waals surface area (Å²) in [6.45, 7) is 8.11. The van der Waals surface area contributed by atoms with E-state index in [1.807, 2.05) is 18.4 Å². The molecule has 1 aliphatic rings. The lowest BCUT2D eigenvalue weighted by Crippen LogP contribution is -2.31. The number of pyridine rings is 1. The molecule has 0 aliphatic heterocycles. The minimum Gasteiger partial charge on any atom is -0.320 e. The number of benzene rings is 1. The summed E-state index contributed by atoms with van der Waals surface area (Å²) >= 11 is 0. The fourth-order valence-electron chi connectivity index (χ4n) is 3.33. The van der Waals surface area contributed by atoms with E-state index in [1.165, 1.54) is 5.56 Å². The SMILES string of the molecule is Cc1ccc(C)c(C(N)c2c(C)cc(C)n(C3CC3)c2=O)c1. The first-order valence-electron chi connectivity index (χ1n) is 7.95. The Kier molecular flexibility index (Phi) is 3.69. The monoisotopic (exact) mass is 296 g/mol. The topological polar surface area (TPSA) is 48.0 Å². The van der Waals surface area contributed by atoms with Crippen LogP contribution in [0.15, 0.2) is 29.1 Å². The Bertz CT molecular complexity index is 785. The van der Waals surface area contributed by atoms with Gasteiger partial charge in [0, 0.05) is 17.3 Å². The van der Waals surface area contributed by atoms with Crippen LogP contribution in [-0.2, 0) is 0 Å². The van der Waals surface area contributed by atoms with Crippen molar-refractivity contribution in [1.29, 1.82) is 0 Å². The second-order valence-corrected chi connectivity index (χ2v) is 6.63. The summed E-state index contributed by atoms with van der Waals surface area (Å²) in [7, 11) is 0. The minimum atomic E-state index is -0.363. The zero-order valence-electron chi connectivity index (χ0n) is 13.8. The maximum atomic E-state index is 13.0. The third-order valence-electron chi connectivity index (χ3n) is 4.67. The molecule has 1 atom stereocenters. The fourth-order valence-corrected chi connectivity index (χ4v) is 3.33. The van der Waals surface area contributed by atoms with Crippen LogP contribution >= 0.6 is 0 Å². The molecule has 1 aliphatic carbocycles. The molecule has 1 saturated carbocycles. The summed E-state index contributed by atoms with van der Waals surface area (Å²) in [6, 6.07) is 8.36. The smallest absolute Gasteiger partial charge is 0.256 e. The maximum Gasteiger partial charge on any atom is 0.256 e. The maximum absolute atomic E-state index is 13.0. The van der Waals surface area contributed by atoms with Crippen LogP contribution in [0, 0.1) is 27.7 Å². The molecule has 3 nitrogen and oxygen atoms in total. The first-order valence-corrected chi connectivity index (χ1v) is 7.95. The predicted octanol–water partition coefficient (Wildman–Crippen LogP) is 3.46. The van der Waals surface area contributed by atoms with Crippen molar-refractivity contribution in [2.75, 3.05) is 0 Å². The van der Waals surface area contributed by atoms with E-state index in [2.05, 4.69) is 38.1 Å². The zero-order chi connectivity index (χ0) is 16.0. The first-order chi connectivity index (χ1) is 10.4. The Morgan fingerprint density at radius 1 is 1.09 bits per heavy atom. The van der Waals surface area contributed by atoms with Crippen LogP contribution in [0.4, 0.5) is 0 Å². The summed E-state index contributed by atoms with van der Waals surface area (Å²) in [5.41, 5.74) is 12.7. The quantitative estimate of drug-likeness (QED) is 0.943. The van der Waals surface area contributed by atoms with Crippen LogP contribution in [0.5, 0.6) is 0 Å². The van der Waals surface area contributed by atoms with Gasteiger partial charge in [-0.1, -0.05) is 23.8 Å². The average molecular weight is 296 g/mol. The molecule has 116 valence electrons. The van der Waals surface area contributed by atoms with Crippen LogP contribution in [0.2, 0.25) is 0 Å². The molecule has 0 spiro atoms. The number of nitrogens with zero attached hydrogens (tertiary/aromatic N) is 1. The highest BCUT2D eigenvalue weighted by molar-refractivity contribution is 5.41. The molecule has 22 heavy (non-hydrogen) atoms. The van der Waals surface area contributed by atoms with E-state index in [1.54, 1.807) is 0 Å². The van der Waals surface area contributed by atoms with E-state index in [-0.39, 0.29) is 11.6 Å². The zero-order valence-corrected chi connectivity index (χ0v) is 13.8. The molecule has 2 aromatic rings. The third-order valence-corrected chi connectivity index (χ3v) is 4.67. The normalized spacial score (nSPS) is 15.9. The van der Waals surface area contributed by atoms with Crippen LogP contribution in [0.3, 0.4) is 0 Å². The van der Waals surface area contributed by atoms with Gasteiger partial charge in [-0.2, -0.15) is 0 Å². The average Bonchev–Trinajstić information content (AvgIpc) is 3.25. The summed E-state index contributed by atoms with van der Waals surface area (Å²) < 4.78 is 1.94. The van der Waals surface area contributed by atoms with E-state index in [4.69, 9.17) is 5.73 Å². The third kappa shape index (κ3) is 2.50. The van der Waals surface area contributed by atoms with Crippen molar-refractivity contribution < 1.29 is 0 Å². The fraction of sp³-hybridized carbons (Fsp3) is 0.421. The second kappa shape index (κ2) is 5.40. The number of nitrogens with two attached hydrogens (primary N) is 1. The van der Waals surface area contributed by atoms with Crippen molar-refractivity contribution in [3.63, 3.8) is 0 Å². The predicted molar refractivity (Wildman–Crippen MR) is 90.4 cm³/mol. The van der Waals surface area contributed by atoms with Gasteiger partial charge >= 0.3 is 0 Å². The molecule has 1 heterocycles. The highest BCUT2D eigenvalue weighted by Crippen LogP contribution is 2.35. The van der Waals surface area contributed by atoms with Crippen molar-refractivity contribution >= 4 is 0 Å². The van der Waals surface area contributed by atoms with E-state index >= 15 is 0 Å². The van der Waals surface area contributed by atoms with Gasteiger partial charge in [-0.15, -0.1) is 0 Å². The highest BCUT2D eigenvalue weighted by Gasteiger charge is 2.29. The Labute approximate surface area is 131 Å². The molecule has 0 saturated heterocycles. The van der Waals surface area contributed by atoms with Crippen molar-refractivity contribution in [1.82, 2.24) is 4.57 Å². The molecule has 1 unspecified atom stereocenters.